The Labute approximate surface area is 130 Å². The van der Waals surface area contributed by atoms with E-state index >= 15 is 0 Å². The number of hydrogen-bond acceptors (Lipinski definition) is 5. The number of anilines is 1. The molecular formula is C16H23N3O3. The van der Waals surface area contributed by atoms with Gasteiger partial charge in [-0.3, -0.25) is 9.69 Å². The van der Waals surface area contributed by atoms with Crippen molar-refractivity contribution in [2.24, 2.45) is 5.92 Å². The molecule has 120 valence electrons. The number of hydrogen-bond donors (Lipinski definition) is 1. The van der Waals surface area contributed by atoms with E-state index in [9.17, 15) is 4.79 Å². The highest BCUT2D eigenvalue weighted by atomic mass is 16.5. The summed E-state index contributed by atoms with van der Waals surface area (Å²) in [5.41, 5.74) is 0.734. The van der Waals surface area contributed by atoms with Crippen LogP contribution in [0, 0.1) is 5.92 Å². The molecule has 3 rings (SSSR count). The van der Waals surface area contributed by atoms with Gasteiger partial charge in [-0.05, 0) is 18.9 Å². The second-order valence-electron chi connectivity index (χ2n) is 5.80. The molecule has 6 nitrogen and oxygen atoms in total. The van der Waals surface area contributed by atoms with E-state index in [4.69, 9.17) is 9.47 Å². The molecule has 1 aromatic rings. The number of nitrogens with zero attached hydrogens (tertiary/aromatic N) is 2. The van der Waals surface area contributed by atoms with E-state index < -0.39 is 0 Å². The van der Waals surface area contributed by atoms with Crippen molar-refractivity contribution in [3.8, 4) is 5.88 Å². The van der Waals surface area contributed by atoms with Gasteiger partial charge in [0.25, 0.3) is 0 Å². The SMILES string of the molecule is O=C(Nc1ccc(OCCN2CCOCC2)nc1)C1CCC1. The van der Waals surface area contributed by atoms with Crippen LogP contribution in [0.2, 0.25) is 0 Å². The summed E-state index contributed by atoms with van der Waals surface area (Å²) in [5.74, 6) is 0.883. The van der Waals surface area contributed by atoms with Gasteiger partial charge in [-0.15, -0.1) is 0 Å². The van der Waals surface area contributed by atoms with Gasteiger partial charge in [0.2, 0.25) is 11.8 Å². The molecule has 0 atom stereocenters. The van der Waals surface area contributed by atoms with Crippen LogP contribution in [0.15, 0.2) is 18.3 Å². The Hall–Kier alpha value is -1.66. The van der Waals surface area contributed by atoms with Crippen molar-refractivity contribution in [3.05, 3.63) is 18.3 Å². The van der Waals surface area contributed by atoms with Crippen molar-refractivity contribution in [2.75, 3.05) is 44.8 Å². The predicted molar refractivity (Wildman–Crippen MR) is 83.0 cm³/mol. The smallest absolute Gasteiger partial charge is 0.227 e. The lowest BCUT2D eigenvalue weighted by atomic mass is 9.85. The van der Waals surface area contributed by atoms with E-state index in [1.165, 1.54) is 0 Å². The predicted octanol–water partition coefficient (Wildman–Crippen LogP) is 1.53. The van der Waals surface area contributed by atoms with Crippen LogP contribution < -0.4 is 10.1 Å². The quantitative estimate of drug-likeness (QED) is 0.863. The van der Waals surface area contributed by atoms with Crippen LogP contribution in [0.25, 0.3) is 0 Å². The Kier molecular flexibility index (Phi) is 5.24. The zero-order valence-corrected chi connectivity index (χ0v) is 12.8. The molecule has 1 N–H and O–H groups in total. The largest absolute Gasteiger partial charge is 0.476 e. The maximum atomic E-state index is 11.8. The van der Waals surface area contributed by atoms with Gasteiger partial charge in [0, 0.05) is 31.6 Å². The van der Waals surface area contributed by atoms with Crippen LogP contribution in [0.4, 0.5) is 5.69 Å². The molecule has 2 aliphatic rings. The molecule has 6 heteroatoms. The van der Waals surface area contributed by atoms with Crippen molar-refractivity contribution in [3.63, 3.8) is 0 Å². The number of nitrogens with one attached hydrogen (secondary N) is 1. The van der Waals surface area contributed by atoms with Gasteiger partial charge in [0.1, 0.15) is 6.61 Å². The molecule has 22 heavy (non-hydrogen) atoms. The lowest BCUT2D eigenvalue weighted by molar-refractivity contribution is -0.122. The molecule has 0 aromatic carbocycles. The summed E-state index contributed by atoms with van der Waals surface area (Å²) in [6, 6.07) is 3.64. The Morgan fingerprint density at radius 2 is 2.18 bits per heavy atom. The third-order valence-electron chi connectivity index (χ3n) is 4.24. The van der Waals surface area contributed by atoms with Gasteiger partial charge in [0.15, 0.2) is 0 Å². The Morgan fingerprint density at radius 3 is 2.82 bits per heavy atom. The minimum Gasteiger partial charge on any atom is -0.476 e. The minimum absolute atomic E-state index is 0.106. The van der Waals surface area contributed by atoms with Gasteiger partial charge < -0.3 is 14.8 Å². The van der Waals surface area contributed by atoms with E-state index in [1.807, 2.05) is 6.07 Å². The van der Waals surface area contributed by atoms with Crippen molar-refractivity contribution in [1.29, 1.82) is 0 Å². The highest BCUT2D eigenvalue weighted by Gasteiger charge is 2.25. The Bertz CT molecular complexity index is 482. The average molecular weight is 305 g/mol. The molecule has 2 heterocycles. The number of rotatable bonds is 6. The second kappa shape index (κ2) is 7.56. The van der Waals surface area contributed by atoms with Crippen LogP contribution in [0.1, 0.15) is 19.3 Å². The number of aromatic nitrogens is 1. The van der Waals surface area contributed by atoms with Crippen molar-refractivity contribution >= 4 is 11.6 Å². The number of ether oxygens (including phenoxy) is 2. The zero-order chi connectivity index (χ0) is 15.2. The standard InChI is InChI=1S/C16H23N3O3/c20-16(13-2-1-3-13)18-14-4-5-15(17-12-14)22-11-8-19-6-9-21-10-7-19/h4-5,12-13H,1-3,6-11H2,(H,18,20). The fourth-order valence-corrected chi connectivity index (χ4v) is 2.56. The summed E-state index contributed by atoms with van der Waals surface area (Å²) in [6.45, 7) is 5.01. The van der Waals surface area contributed by atoms with Crippen LogP contribution in [-0.4, -0.2) is 55.2 Å². The molecule has 1 saturated heterocycles. The molecule has 2 fully saturated rings. The second-order valence-corrected chi connectivity index (χ2v) is 5.80. The third kappa shape index (κ3) is 4.18. The summed E-state index contributed by atoms with van der Waals surface area (Å²) in [7, 11) is 0. The first kappa shape index (κ1) is 15.2. The van der Waals surface area contributed by atoms with Gasteiger partial charge in [-0.1, -0.05) is 6.42 Å². The van der Waals surface area contributed by atoms with Gasteiger partial charge in [0.05, 0.1) is 25.1 Å². The van der Waals surface area contributed by atoms with Gasteiger partial charge in [-0.2, -0.15) is 0 Å². The van der Waals surface area contributed by atoms with E-state index in [1.54, 1.807) is 12.3 Å². The number of morpholine rings is 1. The lowest BCUT2D eigenvalue weighted by Crippen LogP contribution is -2.38. The van der Waals surface area contributed by atoms with Crippen LogP contribution in [0.5, 0.6) is 5.88 Å². The fourth-order valence-electron chi connectivity index (χ4n) is 2.56. The van der Waals surface area contributed by atoms with Gasteiger partial charge >= 0.3 is 0 Å². The summed E-state index contributed by atoms with van der Waals surface area (Å²) >= 11 is 0. The highest BCUT2D eigenvalue weighted by Crippen LogP contribution is 2.27. The number of carbonyl (C=O) groups is 1. The summed E-state index contributed by atoms with van der Waals surface area (Å²) < 4.78 is 11.0. The van der Waals surface area contributed by atoms with Crippen LogP contribution in [0.3, 0.4) is 0 Å². The first-order valence-electron chi connectivity index (χ1n) is 8.01. The topological polar surface area (TPSA) is 63.7 Å². The summed E-state index contributed by atoms with van der Waals surface area (Å²) in [4.78, 5) is 18.4. The monoisotopic (exact) mass is 305 g/mol. The fraction of sp³-hybridized carbons (Fsp3) is 0.625. The first-order valence-corrected chi connectivity index (χ1v) is 8.01. The molecule has 0 spiro atoms. The molecule has 0 radical (unpaired) electrons. The average Bonchev–Trinajstić information content (AvgIpc) is 2.48. The molecule has 1 saturated carbocycles. The molecule has 1 amide bonds. The van der Waals surface area contributed by atoms with Crippen molar-refractivity contribution < 1.29 is 14.3 Å². The van der Waals surface area contributed by atoms with E-state index in [2.05, 4.69) is 15.2 Å². The molecular weight excluding hydrogens is 282 g/mol. The molecule has 1 aliphatic heterocycles. The zero-order valence-electron chi connectivity index (χ0n) is 12.8. The third-order valence-corrected chi connectivity index (χ3v) is 4.24. The number of carbonyl (C=O) groups excluding carboxylic acids is 1. The van der Waals surface area contributed by atoms with Crippen molar-refractivity contribution in [2.45, 2.75) is 19.3 Å². The van der Waals surface area contributed by atoms with E-state index in [0.717, 1.165) is 57.8 Å². The molecule has 0 unspecified atom stereocenters. The normalized spacial score (nSPS) is 19.5. The first-order chi connectivity index (χ1) is 10.8. The Morgan fingerprint density at radius 1 is 1.36 bits per heavy atom. The molecule has 1 aliphatic carbocycles. The van der Waals surface area contributed by atoms with Crippen molar-refractivity contribution in [1.82, 2.24) is 9.88 Å². The van der Waals surface area contributed by atoms with Crippen LogP contribution in [-0.2, 0) is 9.53 Å². The van der Waals surface area contributed by atoms with Gasteiger partial charge in [-0.25, -0.2) is 4.98 Å². The lowest BCUT2D eigenvalue weighted by Gasteiger charge is -2.26. The summed E-state index contributed by atoms with van der Waals surface area (Å²) in [6.07, 6.45) is 4.82. The molecule has 0 bridgehead atoms. The number of pyridine rings is 1. The maximum Gasteiger partial charge on any atom is 0.227 e. The van der Waals surface area contributed by atoms with Crippen LogP contribution >= 0.6 is 0 Å². The minimum atomic E-state index is 0.106. The molecule has 1 aromatic heterocycles. The Balaban J connectivity index is 1.39. The highest BCUT2D eigenvalue weighted by molar-refractivity contribution is 5.92. The van der Waals surface area contributed by atoms with E-state index in [0.29, 0.717) is 12.5 Å². The number of amides is 1. The summed E-state index contributed by atoms with van der Waals surface area (Å²) in [5, 5.41) is 2.90. The maximum absolute atomic E-state index is 11.8. The van der Waals surface area contributed by atoms with E-state index in [-0.39, 0.29) is 11.8 Å².